The van der Waals surface area contributed by atoms with Crippen LogP contribution in [0.3, 0.4) is 0 Å². The summed E-state index contributed by atoms with van der Waals surface area (Å²) in [6, 6.07) is 0. The first kappa shape index (κ1) is 38.9. The number of carbonyl (C=O) groups excluding carboxylic acids is 5. The zero-order valence-corrected chi connectivity index (χ0v) is 28.2. The lowest BCUT2D eigenvalue weighted by Gasteiger charge is -2.31. The first-order valence-corrected chi connectivity index (χ1v) is 16.7. The van der Waals surface area contributed by atoms with Crippen molar-refractivity contribution in [1.82, 2.24) is 20.9 Å². The first-order valence-electron chi connectivity index (χ1n) is 15.7. The second-order valence-corrected chi connectivity index (χ2v) is 14.0. The number of halogens is 1. The van der Waals surface area contributed by atoms with Gasteiger partial charge in [0, 0.05) is 39.0 Å². The molecule has 0 saturated carbocycles. The van der Waals surface area contributed by atoms with Crippen molar-refractivity contribution in [3.8, 4) is 0 Å². The standard InChI is InChI=1S/C30H54BFN4O6S/c1-7-30(6,32)27(41)35-17-16-34-26(40)28(2,3)21-42-29(4,5)13-15-33-23(37)12-18-36-24(38)20-22(25(36)39)43-19-11-9-8-10-14-31/h22H,7-21,31H2,1-6H3,(H,33,37)(H,34,40)(H,35,41). The number of ether oxygens (including phenoxy) is 1. The molecule has 1 fully saturated rings. The minimum absolute atomic E-state index is 0.0455. The monoisotopic (exact) mass is 628 g/mol. The van der Waals surface area contributed by atoms with E-state index in [4.69, 9.17) is 4.74 Å². The van der Waals surface area contributed by atoms with Crippen LogP contribution < -0.4 is 16.0 Å². The Morgan fingerprint density at radius 3 is 2.23 bits per heavy atom. The Morgan fingerprint density at radius 2 is 1.60 bits per heavy atom. The van der Waals surface area contributed by atoms with Crippen LogP contribution in [0.15, 0.2) is 0 Å². The Labute approximate surface area is 262 Å². The maximum absolute atomic E-state index is 14.0. The molecule has 13 heteroatoms. The number of imide groups is 1. The summed E-state index contributed by atoms with van der Waals surface area (Å²) in [5.41, 5.74) is -3.43. The number of carbonyl (C=O) groups is 5. The molecule has 246 valence electrons. The van der Waals surface area contributed by atoms with Gasteiger partial charge in [-0.3, -0.25) is 28.9 Å². The Balaban J connectivity index is 2.32. The molecule has 0 radical (unpaired) electrons. The molecule has 1 aliphatic heterocycles. The van der Waals surface area contributed by atoms with Crippen LogP contribution in [0.25, 0.3) is 0 Å². The summed E-state index contributed by atoms with van der Waals surface area (Å²) in [5.74, 6) is -0.759. The molecule has 0 aromatic rings. The van der Waals surface area contributed by atoms with E-state index in [0.29, 0.717) is 13.0 Å². The molecule has 1 aliphatic rings. The summed E-state index contributed by atoms with van der Waals surface area (Å²) in [6.07, 6.45) is 6.58. The molecule has 0 aromatic carbocycles. The summed E-state index contributed by atoms with van der Waals surface area (Å²) in [5, 5.41) is 7.71. The molecule has 1 heterocycles. The minimum Gasteiger partial charge on any atom is -0.374 e. The molecule has 2 atom stereocenters. The Kier molecular flexibility index (Phi) is 16.8. The molecule has 43 heavy (non-hydrogen) atoms. The van der Waals surface area contributed by atoms with E-state index in [1.54, 1.807) is 32.5 Å². The molecule has 1 rings (SSSR count). The summed E-state index contributed by atoms with van der Waals surface area (Å²) < 4.78 is 20.0. The lowest BCUT2D eigenvalue weighted by molar-refractivity contribution is -0.139. The zero-order chi connectivity index (χ0) is 32.7. The minimum atomic E-state index is -1.94. The van der Waals surface area contributed by atoms with E-state index in [1.165, 1.54) is 31.0 Å². The van der Waals surface area contributed by atoms with Crippen molar-refractivity contribution in [2.24, 2.45) is 5.41 Å². The zero-order valence-electron chi connectivity index (χ0n) is 27.4. The van der Waals surface area contributed by atoms with Crippen LogP contribution in [-0.4, -0.2) is 97.3 Å². The summed E-state index contributed by atoms with van der Waals surface area (Å²) in [6.45, 7) is 10.9. The molecule has 2 unspecified atom stereocenters. The third-order valence-corrected chi connectivity index (χ3v) is 8.95. The van der Waals surface area contributed by atoms with Gasteiger partial charge in [-0.05, 0) is 59.6 Å². The number of unbranched alkanes of at least 4 members (excludes halogenated alkanes) is 3. The van der Waals surface area contributed by atoms with E-state index in [2.05, 4.69) is 23.8 Å². The molecule has 0 spiro atoms. The van der Waals surface area contributed by atoms with Gasteiger partial charge < -0.3 is 20.7 Å². The number of rotatable bonds is 22. The van der Waals surface area contributed by atoms with Gasteiger partial charge in [-0.2, -0.15) is 0 Å². The number of nitrogens with one attached hydrogen (secondary N) is 3. The predicted molar refractivity (Wildman–Crippen MR) is 171 cm³/mol. The van der Waals surface area contributed by atoms with Gasteiger partial charge in [0.2, 0.25) is 23.6 Å². The number of hydrogen-bond donors (Lipinski definition) is 3. The average Bonchev–Trinajstić information content (AvgIpc) is 3.21. The average molecular weight is 629 g/mol. The third-order valence-electron chi connectivity index (χ3n) is 7.65. The topological polar surface area (TPSA) is 134 Å². The summed E-state index contributed by atoms with van der Waals surface area (Å²) >= 11 is 1.54. The number of amides is 5. The summed E-state index contributed by atoms with van der Waals surface area (Å²) in [4.78, 5) is 63.1. The maximum Gasteiger partial charge on any atom is 0.257 e. The fourth-order valence-corrected chi connectivity index (χ4v) is 5.39. The van der Waals surface area contributed by atoms with Crippen LogP contribution in [0.2, 0.25) is 6.32 Å². The van der Waals surface area contributed by atoms with Crippen LogP contribution in [-0.2, 0) is 28.7 Å². The smallest absolute Gasteiger partial charge is 0.257 e. The fraction of sp³-hybridized carbons (Fsp3) is 0.833. The molecule has 0 aromatic heterocycles. The van der Waals surface area contributed by atoms with Crippen molar-refractivity contribution in [2.75, 3.05) is 38.5 Å². The van der Waals surface area contributed by atoms with Gasteiger partial charge in [-0.15, -0.1) is 11.8 Å². The second-order valence-electron chi connectivity index (χ2n) is 12.7. The molecular weight excluding hydrogens is 574 g/mol. The van der Waals surface area contributed by atoms with Crippen molar-refractivity contribution in [1.29, 1.82) is 0 Å². The van der Waals surface area contributed by atoms with Gasteiger partial charge in [0.15, 0.2) is 5.67 Å². The van der Waals surface area contributed by atoms with Crippen molar-refractivity contribution in [3.63, 3.8) is 0 Å². The fourth-order valence-electron chi connectivity index (χ4n) is 4.20. The van der Waals surface area contributed by atoms with E-state index < -0.39 is 22.6 Å². The van der Waals surface area contributed by atoms with Crippen molar-refractivity contribution in [2.45, 2.75) is 116 Å². The molecular formula is C30H54BFN4O6S. The van der Waals surface area contributed by atoms with E-state index in [0.717, 1.165) is 18.6 Å². The van der Waals surface area contributed by atoms with Crippen LogP contribution in [0, 0.1) is 5.41 Å². The Morgan fingerprint density at radius 1 is 0.977 bits per heavy atom. The highest BCUT2D eigenvalue weighted by atomic mass is 32.2. The van der Waals surface area contributed by atoms with Gasteiger partial charge in [0.05, 0.1) is 22.9 Å². The largest absolute Gasteiger partial charge is 0.374 e. The Bertz CT molecular complexity index is 950. The second kappa shape index (κ2) is 18.6. The Hall–Kier alpha value is -2.15. The number of thioether (sulfide) groups is 1. The van der Waals surface area contributed by atoms with Crippen LogP contribution in [0.1, 0.15) is 92.9 Å². The first-order chi connectivity index (χ1) is 20.1. The third kappa shape index (κ3) is 14.5. The molecule has 3 N–H and O–H groups in total. The highest BCUT2D eigenvalue weighted by molar-refractivity contribution is 8.00. The SMILES string of the molecule is BCCCCCCSC1CC(=O)N(CCC(=O)NCCC(C)(C)OCC(C)(C)C(=O)NCCNC(=O)C(C)(F)CC)C1=O. The van der Waals surface area contributed by atoms with Gasteiger partial charge in [0.1, 0.15) is 7.85 Å². The van der Waals surface area contributed by atoms with E-state index in [-0.39, 0.29) is 74.4 Å². The van der Waals surface area contributed by atoms with Gasteiger partial charge >= 0.3 is 0 Å². The number of nitrogens with zero attached hydrogens (tertiary/aromatic N) is 1. The highest BCUT2D eigenvalue weighted by Crippen LogP contribution is 2.26. The van der Waals surface area contributed by atoms with Crippen molar-refractivity contribution < 1.29 is 33.1 Å². The van der Waals surface area contributed by atoms with Crippen molar-refractivity contribution in [3.05, 3.63) is 0 Å². The maximum atomic E-state index is 14.0. The molecule has 0 bridgehead atoms. The quantitative estimate of drug-likeness (QED) is 0.0954. The van der Waals surface area contributed by atoms with Crippen LogP contribution in [0.4, 0.5) is 4.39 Å². The van der Waals surface area contributed by atoms with E-state index in [1.807, 2.05) is 13.8 Å². The molecule has 5 amide bonds. The predicted octanol–water partition coefficient (Wildman–Crippen LogP) is 2.55. The number of hydrogen-bond acceptors (Lipinski definition) is 7. The van der Waals surface area contributed by atoms with Crippen LogP contribution in [0.5, 0.6) is 0 Å². The lowest BCUT2D eigenvalue weighted by Crippen LogP contribution is -2.47. The van der Waals surface area contributed by atoms with Gasteiger partial charge in [-0.1, -0.05) is 32.5 Å². The molecule has 0 aliphatic carbocycles. The highest BCUT2D eigenvalue weighted by Gasteiger charge is 2.38. The van der Waals surface area contributed by atoms with Gasteiger partial charge in [0.25, 0.3) is 5.91 Å². The van der Waals surface area contributed by atoms with E-state index >= 15 is 0 Å². The summed E-state index contributed by atoms with van der Waals surface area (Å²) in [7, 11) is 2.17. The van der Waals surface area contributed by atoms with Crippen LogP contribution >= 0.6 is 11.8 Å². The number of alkyl halides is 1. The molecule has 10 nitrogen and oxygen atoms in total. The van der Waals surface area contributed by atoms with Gasteiger partial charge in [-0.25, -0.2) is 4.39 Å². The lowest BCUT2D eigenvalue weighted by atomic mass is 9.93. The van der Waals surface area contributed by atoms with Crippen molar-refractivity contribution >= 4 is 49.1 Å². The number of likely N-dealkylation sites (tertiary alicyclic amines) is 1. The molecule has 1 saturated heterocycles. The normalized spacial score (nSPS) is 17.1. The van der Waals surface area contributed by atoms with E-state index in [9.17, 15) is 28.4 Å².